The molecule has 5 nitrogen and oxygen atoms in total. The normalized spacial score (nSPS) is 11.2. The summed E-state index contributed by atoms with van der Waals surface area (Å²) in [4.78, 5) is 23.3. The molecule has 1 aliphatic carbocycles. The third-order valence-electron chi connectivity index (χ3n) is 4.79. The predicted octanol–water partition coefficient (Wildman–Crippen LogP) is 3.85. The summed E-state index contributed by atoms with van der Waals surface area (Å²) in [7, 11) is 0. The quantitative estimate of drug-likeness (QED) is 0.428. The predicted molar refractivity (Wildman–Crippen MR) is 104 cm³/mol. The topological polar surface area (TPSA) is 93.5 Å². The summed E-state index contributed by atoms with van der Waals surface area (Å²) >= 11 is 0. The van der Waals surface area contributed by atoms with Crippen molar-refractivity contribution in [3.63, 3.8) is 0 Å². The van der Waals surface area contributed by atoms with E-state index in [9.17, 15) is 14.7 Å². The number of rotatable bonds is 3. The average molecular weight is 359 g/mol. The lowest BCUT2D eigenvalue weighted by Crippen LogP contribution is -2.14. The highest BCUT2D eigenvalue weighted by Crippen LogP contribution is 2.42. The van der Waals surface area contributed by atoms with Crippen LogP contribution in [0.15, 0.2) is 57.7 Å². The molecule has 0 fully saturated rings. The second-order valence-corrected chi connectivity index (χ2v) is 6.47. The van der Waals surface area contributed by atoms with Gasteiger partial charge in [0.2, 0.25) is 0 Å². The third kappa shape index (κ3) is 2.69. The number of aromatic hydroxyl groups is 1. The summed E-state index contributed by atoms with van der Waals surface area (Å²) < 4.78 is 5.98. The molecule has 2 aromatic rings. The van der Waals surface area contributed by atoms with E-state index in [2.05, 4.69) is 0 Å². The Hall–Kier alpha value is -3.44. The first-order valence-corrected chi connectivity index (χ1v) is 8.51. The summed E-state index contributed by atoms with van der Waals surface area (Å²) in [6, 6.07) is 13.6. The Bertz CT molecular complexity index is 1220. The van der Waals surface area contributed by atoms with E-state index >= 15 is 0 Å². The first-order chi connectivity index (χ1) is 13.0. The van der Waals surface area contributed by atoms with Gasteiger partial charge in [-0.1, -0.05) is 12.1 Å². The smallest absolute Gasteiger partial charge is 0.186 e. The van der Waals surface area contributed by atoms with Gasteiger partial charge >= 0.3 is 0 Å². The summed E-state index contributed by atoms with van der Waals surface area (Å²) in [5.41, 5.74) is 10.5. The highest BCUT2D eigenvalue weighted by Gasteiger charge is 2.22. The van der Waals surface area contributed by atoms with E-state index in [1.54, 1.807) is 24.3 Å². The fourth-order valence-electron chi connectivity index (χ4n) is 3.50. The molecule has 0 saturated heterocycles. The number of benzene rings is 3. The van der Waals surface area contributed by atoms with Crippen molar-refractivity contribution < 1.29 is 14.3 Å². The minimum Gasteiger partial charge on any atom is -0.508 e. The van der Waals surface area contributed by atoms with Crippen LogP contribution in [0.25, 0.3) is 33.4 Å². The number of carbonyl (C=O) groups excluding carboxylic acids is 1. The maximum absolute atomic E-state index is 12.2. The fraction of sp³-hybridized carbons (Fsp3) is 0.0909. The number of phenolic OH excluding ortho intramolecular Hbond substituents is 1. The van der Waals surface area contributed by atoms with Crippen molar-refractivity contribution >= 4 is 17.3 Å². The van der Waals surface area contributed by atoms with E-state index in [-0.39, 0.29) is 17.7 Å². The zero-order valence-corrected chi connectivity index (χ0v) is 14.7. The molecule has 0 saturated carbocycles. The summed E-state index contributed by atoms with van der Waals surface area (Å²) in [5, 5.41) is 10.7. The molecule has 134 valence electrons. The first-order valence-electron chi connectivity index (χ1n) is 8.51. The van der Waals surface area contributed by atoms with Gasteiger partial charge in [-0.2, -0.15) is 0 Å². The van der Waals surface area contributed by atoms with Crippen molar-refractivity contribution in [1.29, 1.82) is 0 Å². The Kier molecular flexibility index (Phi) is 4.01. The number of phenols is 1. The van der Waals surface area contributed by atoms with Gasteiger partial charge in [-0.15, -0.1) is 0 Å². The SMILES string of the molecule is Cc1cc(C=O)ccc1-c1c2ccc(=O)c(CN)c-2oc2cc(O)ccc12. The van der Waals surface area contributed by atoms with Gasteiger partial charge in [0.05, 0.1) is 5.56 Å². The van der Waals surface area contributed by atoms with Crippen molar-refractivity contribution in [2.45, 2.75) is 13.5 Å². The van der Waals surface area contributed by atoms with Gasteiger partial charge in [-0.3, -0.25) is 9.59 Å². The minimum absolute atomic E-state index is 0.0481. The second kappa shape index (κ2) is 6.37. The zero-order chi connectivity index (χ0) is 19.1. The van der Waals surface area contributed by atoms with Crippen LogP contribution in [-0.2, 0) is 6.54 Å². The first kappa shape index (κ1) is 17.0. The molecule has 5 heteroatoms. The van der Waals surface area contributed by atoms with Crippen LogP contribution in [0.1, 0.15) is 21.5 Å². The number of aldehydes is 1. The molecule has 4 rings (SSSR count). The molecule has 0 spiro atoms. The van der Waals surface area contributed by atoms with Crippen molar-refractivity contribution in [2.24, 2.45) is 5.73 Å². The monoisotopic (exact) mass is 359 g/mol. The van der Waals surface area contributed by atoms with E-state index in [1.807, 2.05) is 19.1 Å². The van der Waals surface area contributed by atoms with Gasteiger partial charge in [0, 0.05) is 34.7 Å². The zero-order valence-electron chi connectivity index (χ0n) is 14.7. The highest BCUT2D eigenvalue weighted by molar-refractivity contribution is 6.03. The average Bonchev–Trinajstić information content (AvgIpc) is 2.66. The van der Waals surface area contributed by atoms with Gasteiger partial charge < -0.3 is 15.3 Å². The van der Waals surface area contributed by atoms with E-state index in [0.717, 1.165) is 33.9 Å². The summed E-state index contributed by atoms with van der Waals surface area (Å²) in [6.07, 6.45) is 0.807. The lowest BCUT2D eigenvalue weighted by molar-refractivity contribution is 0.112. The van der Waals surface area contributed by atoms with Crippen LogP contribution in [0.5, 0.6) is 5.75 Å². The number of carbonyl (C=O) groups is 1. The van der Waals surface area contributed by atoms with Crippen LogP contribution < -0.4 is 11.2 Å². The fourth-order valence-corrected chi connectivity index (χ4v) is 3.50. The molecule has 0 aromatic heterocycles. The van der Waals surface area contributed by atoms with Crippen LogP contribution in [0.4, 0.5) is 0 Å². The van der Waals surface area contributed by atoms with Crippen LogP contribution in [-0.4, -0.2) is 11.4 Å². The molecule has 3 N–H and O–H groups in total. The Morgan fingerprint density at radius 2 is 1.85 bits per heavy atom. The molecule has 2 aliphatic rings. The Morgan fingerprint density at radius 1 is 1.07 bits per heavy atom. The molecule has 0 unspecified atom stereocenters. The Morgan fingerprint density at radius 3 is 2.56 bits per heavy atom. The van der Waals surface area contributed by atoms with Gasteiger partial charge in [0.25, 0.3) is 0 Å². The molecule has 27 heavy (non-hydrogen) atoms. The lowest BCUT2D eigenvalue weighted by Gasteiger charge is -2.18. The van der Waals surface area contributed by atoms with Gasteiger partial charge in [0.1, 0.15) is 23.4 Å². The number of nitrogens with two attached hydrogens (primary N) is 1. The summed E-state index contributed by atoms with van der Waals surface area (Å²) in [6.45, 7) is 1.98. The minimum atomic E-state index is -0.188. The highest BCUT2D eigenvalue weighted by atomic mass is 16.3. The van der Waals surface area contributed by atoms with Crippen molar-refractivity contribution in [1.82, 2.24) is 0 Å². The number of fused-ring (bicyclic) bond motifs is 2. The lowest BCUT2D eigenvalue weighted by atomic mass is 9.89. The van der Waals surface area contributed by atoms with Crippen LogP contribution >= 0.6 is 0 Å². The number of aryl methyl sites for hydroxylation is 1. The van der Waals surface area contributed by atoms with Crippen molar-refractivity contribution in [3.8, 4) is 28.2 Å². The summed E-state index contributed by atoms with van der Waals surface area (Å²) in [5.74, 6) is 0.481. The van der Waals surface area contributed by atoms with Gasteiger partial charge in [0.15, 0.2) is 5.43 Å². The maximum atomic E-state index is 12.2. The largest absolute Gasteiger partial charge is 0.508 e. The van der Waals surface area contributed by atoms with E-state index in [0.29, 0.717) is 22.5 Å². The molecular weight excluding hydrogens is 342 g/mol. The maximum Gasteiger partial charge on any atom is 0.186 e. The standard InChI is InChI=1S/C22H17NO4/c1-12-8-13(11-24)2-4-15(12)21-16-5-3-14(25)9-20(16)27-22-17(21)6-7-19(26)18(22)10-23/h2-9,11,25H,10,23H2,1H3. The van der Waals surface area contributed by atoms with Gasteiger partial charge in [-0.25, -0.2) is 0 Å². The van der Waals surface area contributed by atoms with Crippen LogP contribution in [0.3, 0.4) is 0 Å². The molecule has 0 amide bonds. The molecule has 2 aromatic carbocycles. The number of hydrogen-bond acceptors (Lipinski definition) is 5. The molecule has 1 heterocycles. The second-order valence-electron chi connectivity index (χ2n) is 6.47. The molecule has 0 radical (unpaired) electrons. The molecular formula is C22H17NO4. The Balaban J connectivity index is 2.19. The number of hydrogen-bond donors (Lipinski definition) is 2. The van der Waals surface area contributed by atoms with E-state index in [1.165, 1.54) is 12.1 Å². The Labute approximate surface area is 155 Å². The van der Waals surface area contributed by atoms with Gasteiger partial charge in [-0.05, 0) is 48.4 Å². The van der Waals surface area contributed by atoms with Crippen molar-refractivity contribution in [3.05, 3.63) is 75.4 Å². The van der Waals surface area contributed by atoms with E-state index in [4.69, 9.17) is 10.2 Å². The third-order valence-corrected chi connectivity index (χ3v) is 4.79. The molecule has 0 bridgehead atoms. The van der Waals surface area contributed by atoms with Crippen LogP contribution in [0, 0.1) is 6.92 Å². The van der Waals surface area contributed by atoms with Crippen molar-refractivity contribution in [2.75, 3.05) is 0 Å². The van der Waals surface area contributed by atoms with E-state index < -0.39 is 0 Å². The molecule has 0 atom stereocenters. The van der Waals surface area contributed by atoms with Crippen LogP contribution in [0.2, 0.25) is 0 Å². The molecule has 1 aliphatic heterocycles.